The molecule has 7 rings (SSSR count). The molecule has 5 aromatic rings. The summed E-state index contributed by atoms with van der Waals surface area (Å²) in [4.78, 5) is 2.31. The highest BCUT2D eigenvalue weighted by atomic mass is 35.5. The molecule has 2 fully saturated rings. The van der Waals surface area contributed by atoms with E-state index in [0.29, 0.717) is 36.6 Å². The lowest BCUT2D eigenvalue weighted by molar-refractivity contribution is -0.0744. The SMILES string of the molecule is CC1CN(Cc2ccccc2)CCC1(O)c1c(F)ccc2ccoc12.C[C@@H]1CNCC[C@H]1c1c(F)ccc2ccoc12.Cl. The molecule has 0 spiro atoms. The Morgan fingerprint density at radius 2 is 1.58 bits per heavy atom. The van der Waals surface area contributed by atoms with E-state index < -0.39 is 11.4 Å². The number of aliphatic hydroxyl groups is 1. The van der Waals surface area contributed by atoms with Crippen molar-refractivity contribution >= 4 is 34.3 Å². The number of furan rings is 2. The topological polar surface area (TPSA) is 61.8 Å². The second kappa shape index (κ2) is 13.2. The van der Waals surface area contributed by atoms with Crippen LogP contribution >= 0.6 is 12.4 Å². The maximum Gasteiger partial charge on any atom is 0.142 e. The first-order valence-electron chi connectivity index (χ1n) is 14.9. The van der Waals surface area contributed by atoms with Gasteiger partial charge in [-0.15, -0.1) is 12.4 Å². The van der Waals surface area contributed by atoms with Gasteiger partial charge < -0.3 is 19.3 Å². The van der Waals surface area contributed by atoms with Crippen LogP contribution in [0.1, 0.15) is 49.3 Å². The maximum atomic E-state index is 14.6. The molecule has 2 unspecified atom stereocenters. The minimum atomic E-state index is -1.21. The molecule has 0 saturated carbocycles. The number of piperidine rings is 2. The molecule has 2 aliphatic heterocycles. The Morgan fingerprint density at radius 1 is 0.907 bits per heavy atom. The van der Waals surface area contributed by atoms with Gasteiger partial charge in [0.1, 0.15) is 28.4 Å². The van der Waals surface area contributed by atoms with Crippen molar-refractivity contribution in [3.8, 4) is 0 Å². The molecule has 5 nitrogen and oxygen atoms in total. The van der Waals surface area contributed by atoms with E-state index in [1.807, 2.05) is 31.2 Å². The number of nitrogens with zero attached hydrogens (tertiary/aromatic N) is 1. The lowest BCUT2D eigenvalue weighted by Crippen LogP contribution is -2.49. The molecular formula is C35H39ClF2N2O3. The van der Waals surface area contributed by atoms with Crippen LogP contribution in [0.25, 0.3) is 21.9 Å². The van der Waals surface area contributed by atoms with Crippen LogP contribution in [0.3, 0.4) is 0 Å². The number of likely N-dealkylation sites (tertiary alicyclic amines) is 1. The largest absolute Gasteiger partial charge is 0.464 e. The Balaban J connectivity index is 0.000000179. The molecule has 2 aliphatic rings. The normalized spacial score (nSPS) is 24.3. The zero-order valence-electron chi connectivity index (χ0n) is 24.6. The zero-order chi connectivity index (χ0) is 29.3. The lowest BCUT2D eigenvalue weighted by Gasteiger charge is -2.43. The Kier molecular flexibility index (Phi) is 9.57. The van der Waals surface area contributed by atoms with Gasteiger partial charge in [-0.05, 0) is 79.7 Å². The standard InChI is InChI=1S/C21H22FNO2.C14H16FNO.ClH/c1-15-13-23(14-16-5-3-2-4-6-16)11-10-21(15,24)19-18(22)8-7-17-9-12-25-20(17)19;1-9-8-16-6-4-11(9)13-12(15)3-2-10-5-7-17-14(10)13;/h2-9,12,15,24H,10-11,13-14H2,1H3;2-3,5,7,9,11,16H,4,6,8H2,1H3;1H/t;9-,11-;/m.1./s1. The molecule has 0 amide bonds. The Morgan fingerprint density at radius 3 is 2.28 bits per heavy atom. The van der Waals surface area contributed by atoms with Gasteiger partial charge in [0.2, 0.25) is 0 Å². The molecule has 8 heteroatoms. The first-order chi connectivity index (χ1) is 20.3. The summed E-state index contributed by atoms with van der Waals surface area (Å²) >= 11 is 0. The molecule has 228 valence electrons. The zero-order valence-corrected chi connectivity index (χ0v) is 25.4. The summed E-state index contributed by atoms with van der Waals surface area (Å²) in [6, 6.07) is 20.4. The summed E-state index contributed by atoms with van der Waals surface area (Å²) in [5.74, 6) is 0.0646. The van der Waals surface area contributed by atoms with Crippen molar-refractivity contribution in [3.05, 3.63) is 108 Å². The van der Waals surface area contributed by atoms with E-state index in [1.165, 1.54) is 11.6 Å². The fraction of sp³-hybridized carbons (Fsp3) is 0.371. The highest BCUT2D eigenvalue weighted by molar-refractivity contribution is 5.85. The molecule has 4 heterocycles. The number of nitrogens with one attached hydrogen (secondary N) is 1. The highest BCUT2D eigenvalue weighted by Crippen LogP contribution is 2.42. The van der Waals surface area contributed by atoms with Gasteiger partial charge in [0, 0.05) is 41.9 Å². The summed E-state index contributed by atoms with van der Waals surface area (Å²) < 4.78 is 39.7. The van der Waals surface area contributed by atoms with E-state index in [2.05, 4.69) is 29.3 Å². The molecule has 2 N–H and O–H groups in total. The number of hydrogen-bond acceptors (Lipinski definition) is 5. The molecule has 43 heavy (non-hydrogen) atoms. The van der Waals surface area contributed by atoms with Crippen LogP contribution in [0.4, 0.5) is 8.78 Å². The van der Waals surface area contributed by atoms with E-state index in [-0.39, 0.29) is 30.1 Å². The van der Waals surface area contributed by atoms with Crippen LogP contribution in [0.5, 0.6) is 0 Å². The smallest absolute Gasteiger partial charge is 0.142 e. The quantitative estimate of drug-likeness (QED) is 0.216. The molecular weight excluding hydrogens is 570 g/mol. The number of rotatable bonds is 4. The van der Waals surface area contributed by atoms with Crippen LogP contribution in [-0.4, -0.2) is 36.2 Å². The van der Waals surface area contributed by atoms with E-state index in [9.17, 15) is 13.9 Å². The van der Waals surface area contributed by atoms with Crippen LogP contribution in [0.2, 0.25) is 0 Å². The predicted octanol–water partition coefficient (Wildman–Crippen LogP) is 8.01. The van der Waals surface area contributed by atoms with Crippen molar-refractivity contribution < 1.29 is 22.7 Å². The average molecular weight is 609 g/mol. The van der Waals surface area contributed by atoms with Crippen molar-refractivity contribution in [1.29, 1.82) is 0 Å². The van der Waals surface area contributed by atoms with Crippen molar-refractivity contribution in [3.63, 3.8) is 0 Å². The Hall–Kier alpha value is -3.23. The maximum absolute atomic E-state index is 14.6. The van der Waals surface area contributed by atoms with Crippen LogP contribution < -0.4 is 5.32 Å². The Bertz CT molecular complexity index is 1660. The Labute approximate surface area is 257 Å². The first-order valence-corrected chi connectivity index (χ1v) is 14.9. The van der Waals surface area contributed by atoms with Gasteiger partial charge in [-0.1, -0.05) is 44.2 Å². The van der Waals surface area contributed by atoms with Gasteiger partial charge >= 0.3 is 0 Å². The number of halogens is 3. The van der Waals surface area contributed by atoms with Gasteiger partial charge in [-0.2, -0.15) is 0 Å². The minimum Gasteiger partial charge on any atom is -0.464 e. The van der Waals surface area contributed by atoms with Crippen LogP contribution in [0, 0.1) is 23.5 Å². The van der Waals surface area contributed by atoms with Crippen LogP contribution in [-0.2, 0) is 12.1 Å². The second-order valence-corrected chi connectivity index (χ2v) is 11.9. The lowest BCUT2D eigenvalue weighted by atomic mass is 9.76. The molecule has 0 aliphatic carbocycles. The van der Waals surface area contributed by atoms with E-state index in [1.54, 1.807) is 36.8 Å². The fourth-order valence-electron chi connectivity index (χ4n) is 6.79. The van der Waals surface area contributed by atoms with Gasteiger partial charge in [0.25, 0.3) is 0 Å². The van der Waals surface area contributed by atoms with Crippen LogP contribution in [0.15, 0.2) is 88.1 Å². The monoisotopic (exact) mass is 608 g/mol. The molecule has 4 atom stereocenters. The number of fused-ring (bicyclic) bond motifs is 2. The van der Waals surface area contributed by atoms with E-state index >= 15 is 0 Å². The summed E-state index contributed by atoms with van der Waals surface area (Å²) in [6.45, 7) is 8.31. The summed E-state index contributed by atoms with van der Waals surface area (Å²) in [5.41, 5.74) is 2.30. The van der Waals surface area contributed by atoms with E-state index in [0.717, 1.165) is 48.0 Å². The minimum absolute atomic E-state index is 0. The summed E-state index contributed by atoms with van der Waals surface area (Å²) in [6.07, 6.45) is 4.64. The van der Waals surface area contributed by atoms with Gasteiger partial charge in [-0.3, -0.25) is 4.90 Å². The third-order valence-corrected chi connectivity index (χ3v) is 9.17. The fourth-order valence-corrected chi connectivity index (χ4v) is 6.79. The second-order valence-electron chi connectivity index (χ2n) is 11.9. The van der Waals surface area contributed by atoms with Crippen molar-refractivity contribution in [2.75, 3.05) is 26.2 Å². The first kappa shape index (κ1) is 31.2. The molecule has 3 aromatic carbocycles. The third kappa shape index (κ3) is 6.22. The van der Waals surface area contributed by atoms with Gasteiger partial charge in [0.15, 0.2) is 0 Å². The van der Waals surface area contributed by atoms with Crippen molar-refractivity contribution in [2.45, 2.75) is 44.8 Å². The molecule has 0 bridgehead atoms. The van der Waals surface area contributed by atoms with E-state index in [4.69, 9.17) is 8.83 Å². The molecule has 0 radical (unpaired) electrons. The summed E-state index contributed by atoms with van der Waals surface area (Å²) in [7, 11) is 0. The number of hydrogen-bond donors (Lipinski definition) is 2. The van der Waals surface area contributed by atoms with Crippen molar-refractivity contribution in [2.24, 2.45) is 11.8 Å². The van der Waals surface area contributed by atoms with Gasteiger partial charge in [-0.25, -0.2) is 8.78 Å². The highest BCUT2D eigenvalue weighted by Gasteiger charge is 2.44. The molecule has 2 saturated heterocycles. The average Bonchev–Trinajstić information content (AvgIpc) is 3.66. The number of benzene rings is 3. The molecule has 2 aromatic heterocycles. The predicted molar refractivity (Wildman–Crippen MR) is 168 cm³/mol. The summed E-state index contributed by atoms with van der Waals surface area (Å²) in [5, 5.41) is 16.5. The third-order valence-electron chi connectivity index (χ3n) is 9.17. The van der Waals surface area contributed by atoms with Crippen molar-refractivity contribution in [1.82, 2.24) is 10.2 Å². The van der Waals surface area contributed by atoms with Gasteiger partial charge in [0.05, 0.1) is 18.1 Å².